The lowest BCUT2D eigenvalue weighted by Gasteiger charge is -2.33. The average Bonchev–Trinajstić information content (AvgIpc) is 3.32. The molecule has 2 aromatic heterocycles. The average molecular weight is 499 g/mol. The molecule has 0 bridgehead atoms. The summed E-state index contributed by atoms with van der Waals surface area (Å²) in [4.78, 5) is 13.6. The van der Waals surface area contributed by atoms with E-state index in [9.17, 15) is 18.0 Å². The van der Waals surface area contributed by atoms with E-state index in [0.29, 0.717) is 5.69 Å². The SMILES string of the molecule is Cc1ccc(NC(=O)c2nn3c(c2Br)N[C@@H](c2cccs2)C[C@H]3C(F)(F)F)cc1C. The van der Waals surface area contributed by atoms with Gasteiger partial charge in [0, 0.05) is 17.0 Å². The largest absolute Gasteiger partial charge is 0.410 e. The van der Waals surface area contributed by atoms with Crippen molar-refractivity contribution in [1.82, 2.24) is 9.78 Å². The molecular formula is C20H18BrF3N4OS. The molecule has 0 saturated heterocycles. The Bertz CT molecular complexity index is 1090. The number of amides is 1. The van der Waals surface area contributed by atoms with Gasteiger partial charge in [-0.05, 0) is 64.5 Å². The number of alkyl halides is 3. The van der Waals surface area contributed by atoms with E-state index in [4.69, 9.17) is 0 Å². The van der Waals surface area contributed by atoms with Gasteiger partial charge in [-0.1, -0.05) is 12.1 Å². The van der Waals surface area contributed by atoms with Crippen LogP contribution in [-0.2, 0) is 0 Å². The summed E-state index contributed by atoms with van der Waals surface area (Å²) in [5.74, 6) is -0.436. The van der Waals surface area contributed by atoms with E-state index in [0.717, 1.165) is 20.7 Å². The molecule has 0 saturated carbocycles. The topological polar surface area (TPSA) is 59.0 Å². The van der Waals surface area contributed by atoms with Crippen molar-refractivity contribution in [2.75, 3.05) is 10.6 Å². The summed E-state index contributed by atoms with van der Waals surface area (Å²) in [6, 6.07) is 6.66. The van der Waals surface area contributed by atoms with E-state index >= 15 is 0 Å². The van der Waals surface area contributed by atoms with Crippen LogP contribution in [0.3, 0.4) is 0 Å². The molecule has 0 unspecified atom stereocenters. The number of thiophene rings is 1. The van der Waals surface area contributed by atoms with Crippen LogP contribution in [0.1, 0.15) is 45.0 Å². The number of aromatic nitrogens is 2. The van der Waals surface area contributed by atoms with Gasteiger partial charge in [0.05, 0.1) is 10.5 Å². The maximum atomic E-state index is 13.8. The van der Waals surface area contributed by atoms with E-state index in [1.807, 2.05) is 25.3 Å². The van der Waals surface area contributed by atoms with Crippen molar-refractivity contribution in [3.8, 4) is 0 Å². The molecule has 2 N–H and O–H groups in total. The highest BCUT2D eigenvalue weighted by Crippen LogP contribution is 2.46. The van der Waals surface area contributed by atoms with Gasteiger partial charge >= 0.3 is 6.18 Å². The molecule has 5 nitrogen and oxygen atoms in total. The van der Waals surface area contributed by atoms with Gasteiger partial charge in [-0.25, -0.2) is 4.68 Å². The molecule has 1 aliphatic heterocycles. The first-order chi connectivity index (χ1) is 14.1. The number of anilines is 2. The Balaban J connectivity index is 1.69. The van der Waals surface area contributed by atoms with Crippen molar-refractivity contribution in [2.24, 2.45) is 0 Å². The van der Waals surface area contributed by atoms with Crippen molar-refractivity contribution in [3.63, 3.8) is 0 Å². The molecule has 0 radical (unpaired) electrons. The van der Waals surface area contributed by atoms with Gasteiger partial charge in [0.1, 0.15) is 5.82 Å². The highest BCUT2D eigenvalue weighted by Gasteiger charge is 2.48. The first-order valence-corrected chi connectivity index (χ1v) is 10.9. The molecule has 1 aromatic carbocycles. The Morgan fingerprint density at radius 3 is 2.70 bits per heavy atom. The molecule has 2 atom stereocenters. The normalized spacial score (nSPS) is 18.6. The molecular weight excluding hydrogens is 481 g/mol. The predicted molar refractivity (Wildman–Crippen MR) is 114 cm³/mol. The standard InChI is InChI=1S/C20H18BrF3N4OS/c1-10-5-6-12(8-11(10)2)25-19(29)17-16(21)18-26-13(14-4-3-7-30-14)9-15(20(22,23)24)28(18)27-17/h3-8,13,15,26H,9H2,1-2H3,(H,25,29)/t13-,15+/m1/s1. The summed E-state index contributed by atoms with van der Waals surface area (Å²) in [5.41, 5.74) is 2.52. The quantitative estimate of drug-likeness (QED) is 0.449. The molecule has 1 amide bonds. The number of carbonyl (C=O) groups excluding carboxylic acids is 1. The fraction of sp³-hybridized carbons (Fsp3) is 0.300. The van der Waals surface area contributed by atoms with Crippen LogP contribution in [0.25, 0.3) is 0 Å². The molecule has 0 aliphatic carbocycles. The van der Waals surface area contributed by atoms with Crippen molar-refractivity contribution >= 4 is 44.7 Å². The monoisotopic (exact) mass is 498 g/mol. The van der Waals surface area contributed by atoms with Crippen LogP contribution >= 0.6 is 27.3 Å². The lowest BCUT2D eigenvalue weighted by Crippen LogP contribution is -2.35. The Labute approximate surface area is 183 Å². The summed E-state index contributed by atoms with van der Waals surface area (Å²) in [7, 11) is 0. The van der Waals surface area contributed by atoms with E-state index in [1.54, 1.807) is 24.3 Å². The second-order valence-electron chi connectivity index (χ2n) is 7.21. The molecule has 10 heteroatoms. The van der Waals surface area contributed by atoms with Crippen LogP contribution in [0.4, 0.5) is 24.7 Å². The van der Waals surface area contributed by atoms with Crippen LogP contribution in [-0.4, -0.2) is 21.9 Å². The number of benzene rings is 1. The second-order valence-corrected chi connectivity index (χ2v) is 8.99. The zero-order valence-corrected chi connectivity index (χ0v) is 18.5. The molecule has 0 fully saturated rings. The minimum atomic E-state index is -4.50. The summed E-state index contributed by atoms with van der Waals surface area (Å²) < 4.78 is 42.5. The van der Waals surface area contributed by atoms with Crippen molar-refractivity contribution in [1.29, 1.82) is 0 Å². The predicted octanol–water partition coefficient (Wildman–Crippen LogP) is 6.24. The first-order valence-electron chi connectivity index (χ1n) is 9.18. The Kier molecular flexibility index (Phi) is 5.39. The molecule has 3 heterocycles. The molecule has 1 aliphatic rings. The summed E-state index contributed by atoms with van der Waals surface area (Å²) in [6.45, 7) is 3.87. The summed E-state index contributed by atoms with van der Waals surface area (Å²) in [5, 5.41) is 11.7. The minimum Gasteiger partial charge on any atom is -0.362 e. The fourth-order valence-corrected chi connectivity index (χ4v) is 4.77. The third-order valence-electron chi connectivity index (χ3n) is 5.16. The van der Waals surface area contributed by atoms with Gasteiger partial charge in [-0.3, -0.25) is 4.79 Å². The van der Waals surface area contributed by atoms with Gasteiger partial charge in [0.2, 0.25) is 0 Å². The van der Waals surface area contributed by atoms with Gasteiger partial charge in [-0.2, -0.15) is 18.3 Å². The maximum absolute atomic E-state index is 13.8. The van der Waals surface area contributed by atoms with Crippen LogP contribution in [0.15, 0.2) is 40.2 Å². The second kappa shape index (κ2) is 7.73. The lowest BCUT2D eigenvalue weighted by atomic mass is 10.0. The van der Waals surface area contributed by atoms with E-state index in [1.165, 1.54) is 11.3 Å². The number of nitrogens with one attached hydrogen (secondary N) is 2. The Hall–Kier alpha value is -2.33. The van der Waals surface area contributed by atoms with Crippen molar-refractivity contribution < 1.29 is 18.0 Å². The number of halogens is 4. The van der Waals surface area contributed by atoms with Gasteiger partial charge < -0.3 is 10.6 Å². The van der Waals surface area contributed by atoms with E-state index in [2.05, 4.69) is 31.7 Å². The van der Waals surface area contributed by atoms with Gasteiger partial charge in [-0.15, -0.1) is 11.3 Å². The summed E-state index contributed by atoms with van der Waals surface area (Å²) in [6.07, 6.45) is -4.71. The molecule has 0 spiro atoms. The number of nitrogens with zero attached hydrogens (tertiary/aromatic N) is 2. The number of aryl methyl sites for hydroxylation is 2. The van der Waals surface area contributed by atoms with E-state index in [-0.39, 0.29) is 22.4 Å². The van der Waals surface area contributed by atoms with Crippen molar-refractivity contribution in [3.05, 3.63) is 61.9 Å². The smallest absolute Gasteiger partial charge is 0.362 e. The highest BCUT2D eigenvalue weighted by atomic mass is 79.9. The number of fused-ring (bicyclic) bond motifs is 1. The van der Waals surface area contributed by atoms with Crippen LogP contribution in [0.2, 0.25) is 0 Å². The Morgan fingerprint density at radius 2 is 2.07 bits per heavy atom. The zero-order chi connectivity index (χ0) is 21.6. The number of hydrogen-bond acceptors (Lipinski definition) is 4. The number of rotatable bonds is 3. The number of hydrogen-bond donors (Lipinski definition) is 2. The molecule has 30 heavy (non-hydrogen) atoms. The highest BCUT2D eigenvalue weighted by molar-refractivity contribution is 9.10. The molecule has 3 aromatic rings. The van der Waals surface area contributed by atoms with E-state index < -0.39 is 24.2 Å². The zero-order valence-electron chi connectivity index (χ0n) is 16.0. The van der Waals surface area contributed by atoms with Crippen LogP contribution < -0.4 is 10.6 Å². The molecule has 158 valence electrons. The van der Waals surface area contributed by atoms with Crippen LogP contribution in [0, 0.1) is 13.8 Å². The molecule has 4 rings (SSSR count). The lowest BCUT2D eigenvalue weighted by molar-refractivity contribution is -0.173. The van der Waals surface area contributed by atoms with Gasteiger partial charge in [0.15, 0.2) is 11.7 Å². The minimum absolute atomic E-state index is 0.100. The summed E-state index contributed by atoms with van der Waals surface area (Å²) >= 11 is 4.68. The maximum Gasteiger partial charge on any atom is 0.410 e. The van der Waals surface area contributed by atoms with Crippen LogP contribution in [0.5, 0.6) is 0 Å². The Morgan fingerprint density at radius 1 is 1.30 bits per heavy atom. The number of carbonyl (C=O) groups is 1. The third-order valence-corrected chi connectivity index (χ3v) is 6.90. The van der Waals surface area contributed by atoms with Gasteiger partial charge in [0.25, 0.3) is 5.91 Å². The fourth-order valence-electron chi connectivity index (χ4n) is 3.42. The third kappa shape index (κ3) is 3.85. The van der Waals surface area contributed by atoms with Crippen molar-refractivity contribution in [2.45, 2.75) is 38.5 Å². The first kappa shape index (κ1) is 20.9.